The quantitative estimate of drug-likeness (QED) is 0.292. The van der Waals surface area contributed by atoms with Gasteiger partial charge in [-0.1, -0.05) is 45.4 Å². The monoisotopic (exact) mass is 382 g/mol. The van der Waals surface area contributed by atoms with Crippen molar-refractivity contribution >= 4 is 17.7 Å². The van der Waals surface area contributed by atoms with Crippen molar-refractivity contribution in [1.29, 1.82) is 0 Å². The minimum Gasteiger partial charge on any atom is -0.356 e. The van der Waals surface area contributed by atoms with E-state index in [0.717, 1.165) is 37.1 Å². The highest BCUT2D eigenvalue weighted by Crippen LogP contribution is 2.06. The molecule has 1 rings (SSSR count). The van der Waals surface area contributed by atoms with Gasteiger partial charge in [-0.15, -0.1) is 10.2 Å². The van der Waals surface area contributed by atoms with E-state index in [4.69, 9.17) is 0 Å². The Morgan fingerprint density at radius 1 is 1.00 bits per heavy atom. The van der Waals surface area contributed by atoms with Gasteiger partial charge in [0.25, 0.3) is 0 Å². The number of aromatic nitrogens is 3. The van der Waals surface area contributed by atoms with Gasteiger partial charge in [-0.25, -0.2) is 4.99 Å². The van der Waals surface area contributed by atoms with Gasteiger partial charge in [-0.2, -0.15) is 11.8 Å². The van der Waals surface area contributed by atoms with E-state index in [-0.39, 0.29) is 0 Å². The van der Waals surface area contributed by atoms with Gasteiger partial charge in [0.2, 0.25) is 0 Å². The molecule has 150 valence electrons. The summed E-state index contributed by atoms with van der Waals surface area (Å²) < 4.78 is 1.99. The molecule has 2 N–H and O–H groups in total. The Morgan fingerprint density at radius 3 is 2.27 bits per heavy atom. The molecule has 0 fully saturated rings. The van der Waals surface area contributed by atoms with Gasteiger partial charge in [-0.05, 0) is 31.8 Å². The molecule has 6 nitrogen and oxygen atoms in total. The second-order valence-electron chi connectivity index (χ2n) is 6.71. The number of guanidine groups is 1. The second kappa shape index (κ2) is 14.9. The Hall–Kier alpha value is -1.24. The van der Waals surface area contributed by atoms with Crippen LogP contribution >= 0.6 is 11.8 Å². The third-order valence-corrected chi connectivity index (χ3v) is 5.15. The largest absolute Gasteiger partial charge is 0.356 e. The number of hydrogen-bond donors (Lipinski definition) is 2. The van der Waals surface area contributed by atoms with E-state index in [1.807, 2.05) is 30.3 Å². The van der Waals surface area contributed by atoms with Crippen molar-refractivity contribution in [3.63, 3.8) is 0 Å². The molecule has 0 saturated heterocycles. The smallest absolute Gasteiger partial charge is 0.191 e. The van der Waals surface area contributed by atoms with Crippen LogP contribution < -0.4 is 10.6 Å². The van der Waals surface area contributed by atoms with Crippen molar-refractivity contribution in [3.05, 3.63) is 11.6 Å². The van der Waals surface area contributed by atoms with E-state index in [1.54, 1.807) is 0 Å². The van der Waals surface area contributed by atoms with E-state index in [0.29, 0.717) is 6.54 Å². The Bertz CT molecular complexity index is 500. The molecule has 0 unspecified atom stereocenters. The fourth-order valence-corrected chi connectivity index (χ4v) is 3.06. The van der Waals surface area contributed by atoms with Crippen LogP contribution in [-0.4, -0.2) is 45.8 Å². The number of thioether (sulfide) groups is 1. The maximum atomic E-state index is 4.69. The molecule has 26 heavy (non-hydrogen) atoms. The maximum Gasteiger partial charge on any atom is 0.191 e. The Kier molecular flexibility index (Phi) is 13.0. The van der Waals surface area contributed by atoms with Gasteiger partial charge in [0.05, 0.1) is 0 Å². The summed E-state index contributed by atoms with van der Waals surface area (Å²) >= 11 is 1.88. The summed E-state index contributed by atoms with van der Waals surface area (Å²) in [6.45, 7) is 6.69. The first kappa shape index (κ1) is 22.8. The van der Waals surface area contributed by atoms with Crippen LogP contribution in [-0.2, 0) is 13.6 Å². The van der Waals surface area contributed by atoms with Gasteiger partial charge in [0.1, 0.15) is 12.4 Å². The van der Waals surface area contributed by atoms with Crippen LogP contribution in [0, 0.1) is 6.92 Å². The van der Waals surface area contributed by atoms with Crippen molar-refractivity contribution in [2.45, 2.75) is 71.8 Å². The molecule has 0 aliphatic carbocycles. The van der Waals surface area contributed by atoms with Crippen molar-refractivity contribution in [2.24, 2.45) is 12.0 Å². The van der Waals surface area contributed by atoms with Gasteiger partial charge in [0.15, 0.2) is 11.8 Å². The lowest BCUT2D eigenvalue weighted by Gasteiger charge is -2.12. The Labute approximate surface area is 164 Å². The maximum absolute atomic E-state index is 4.69. The van der Waals surface area contributed by atoms with Crippen LogP contribution in [0.1, 0.15) is 69.9 Å². The first-order valence-electron chi connectivity index (χ1n) is 10.0. The third-order valence-electron chi connectivity index (χ3n) is 4.45. The molecule has 0 amide bonds. The molecule has 0 aliphatic heterocycles. The Morgan fingerprint density at radius 2 is 1.65 bits per heavy atom. The van der Waals surface area contributed by atoms with Crippen LogP contribution in [0.2, 0.25) is 0 Å². The zero-order valence-electron chi connectivity index (χ0n) is 17.2. The van der Waals surface area contributed by atoms with Crippen LogP contribution in [0.5, 0.6) is 0 Å². The average Bonchev–Trinajstić information content (AvgIpc) is 2.96. The fourth-order valence-electron chi connectivity index (χ4n) is 2.62. The van der Waals surface area contributed by atoms with Crippen LogP contribution in [0.15, 0.2) is 4.99 Å². The number of aliphatic imine (C=N–C) groups is 1. The molecule has 0 atom stereocenters. The molecule has 0 saturated carbocycles. The van der Waals surface area contributed by atoms with Gasteiger partial charge in [-0.3, -0.25) is 0 Å². The first-order chi connectivity index (χ1) is 12.7. The number of unbranched alkanes of at least 4 members (excludes halogenated alkanes) is 6. The molecule has 0 aliphatic rings. The molecular formula is C19H38N6S. The van der Waals surface area contributed by atoms with Gasteiger partial charge in [0, 0.05) is 20.1 Å². The Balaban J connectivity index is 2.35. The zero-order chi connectivity index (χ0) is 19.0. The second-order valence-corrected chi connectivity index (χ2v) is 7.69. The molecule has 0 bridgehead atoms. The molecular weight excluding hydrogens is 344 g/mol. The van der Waals surface area contributed by atoms with Crippen LogP contribution in [0.25, 0.3) is 0 Å². The van der Waals surface area contributed by atoms with Gasteiger partial charge >= 0.3 is 0 Å². The topological polar surface area (TPSA) is 67.1 Å². The number of aryl methyl sites for hydroxylation is 1. The summed E-state index contributed by atoms with van der Waals surface area (Å²) in [4.78, 5) is 4.69. The van der Waals surface area contributed by atoms with Crippen LogP contribution in [0.4, 0.5) is 0 Å². The lowest BCUT2D eigenvalue weighted by molar-refractivity contribution is 0.583. The summed E-state index contributed by atoms with van der Waals surface area (Å²) in [6, 6.07) is 0. The predicted molar refractivity (Wildman–Crippen MR) is 114 cm³/mol. The molecule has 0 radical (unpaired) electrons. The molecule has 0 spiro atoms. The summed E-state index contributed by atoms with van der Waals surface area (Å²) in [5, 5.41) is 15.2. The third kappa shape index (κ3) is 10.0. The van der Waals surface area contributed by atoms with E-state index in [1.165, 1.54) is 50.7 Å². The molecule has 1 aromatic rings. The van der Waals surface area contributed by atoms with E-state index in [2.05, 4.69) is 39.0 Å². The predicted octanol–water partition coefficient (Wildman–Crippen LogP) is 3.66. The number of hydrogen-bond acceptors (Lipinski definition) is 4. The summed E-state index contributed by atoms with van der Waals surface area (Å²) in [5.74, 6) is 3.86. The highest BCUT2D eigenvalue weighted by atomic mass is 32.2. The van der Waals surface area contributed by atoms with E-state index >= 15 is 0 Å². The number of rotatable bonds is 14. The summed E-state index contributed by atoms with van der Waals surface area (Å²) in [7, 11) is 1.98. The summed E-state index contributed by atoms with van der Waals surface area (Å²) in [6.07, 6.45) is 12.5. The van der Waals surface area contributed by atoms with Crippen molar-refractivity contribution in [3.8, 4) is 0 Å². The number of nitrogens with zero attached hydrogens (tertiary/aromatic N) is 4. The van der Waals surface area contributed by atoms with Crippen LogP contribution in [0.3, 0.4) is 0 Å². The molecule has 0 aromatic carbocycles. The van der Waals surface area contributed by atoms with Crippen molar-refractivity contribution in [2.75, 3.05) is 25.1 Å². The minimum absolute atomic E-state index is 0.548. The van der Waals surface area contributed by atoms with E-state index in [9.17, 15) is 0 Å². The number of nitrogens with one attached hydrogen (secondary N) is 2. The highest BCUT2D eigenvalue weighted by Gasteiger charge is 2.05. The standard InChI is InChI=1S/C19H38N6S/c1-5-6-7-8-9-10-11-13-20-19(21-14-12-15-26-4)22-16-18-24-23-17(2)25(18)3/h5-16H2,1-4H3,(H2,20,21,22). The first-order valence-corrected chi connectivity index (χ1v) is 11.4. The SMILES string of the molecule is CCCCCCCCCNC(=NCc1nnc(C)n1C)NCCCSC. The average molecular weight is 383 g/mol. The van der Waals surface area contributed by atoms with Crippen molar-refractivity contribution < 1.29 is 0 Å². The molecule has 7 heteroatoms. The molecule has 1 heterocycles. The lowest BCUT2D eigenvalue weighted by Crippen LogP contribution is -2.38. The molecule has 1 aromatic heterocycles. The summed E-state index contributed by atoms with van der Waals surface area (Å²) in [5.41, 5.74) is 0. The highest BCUT2D eigenvalue weighted by molar-refractivity contribution is 7.98. The van der Waals surface area contributed by atoms with Crippen molar-refractivity contribution in [1.82, 2.24) is 25.4 Å². The normalized spacial score (nSPS) is 11.8. The van der Waals surface area contributed by atoms with E-state index < -0.39 is 0 Å². The van der Waals surface area contributed by atoms with Gasteiger partial charge < -0.3 is 15.2 Å². The fraction of sp³-hybridized carbons (Fsp3) is 0.842. The minimum atomic E-state index is 0.548. The lowest BCUT2D eigenvalue weighted by atomic mass is 10.1. The zero-order valence-corrected chi connectivity index (χ0v) is 18.0.